The van der Waals surface area contributed by atoms with E-state index >= 15 is 0 Å². The number of nitrogens with one attached hydrogen (secondary N) is 1. The molecule has 0 saturated heterocycles. The lowest BCUT2D eigenvalue weighted by molar-refractivity contribution is -0.128. The molecule has 0 spiro atoms. The molecular weight excluding hydrogens is 350 g/mol. The number of aryl methyl sites for hydroxylation is 2. The van der Waals surface area contributed by atoms with Crippen molar-refractivity contribution in [1.82, 2.24) is 5.32 Å². The van der Waals surface area contributed by atoms with Crippen LogP contribution in [-0.4, -0.2) is 25.2 Å². The maximum absolute atomic E-state index is 12.5. The van der Waals surface area contributed by atoms with E-state index in [0.29, 0.717) is 19.6 Å². The Balaban J connectivity index is 1.55. The van der Waals surface area contributed by atoms with Crippen molar-refractivity contribution in [3.8, 4) is 11.5 Å². The molecule has 3 rings (SSSR count). The molecule has 146 valence electrons. The highest BCUT2D eigenvalue weighted by molar-refractivity contribution is 5.89. The number of fused-ring (bicyclic) bond motifs is 1. The van der Waals surface area contributed by atoms with Crippen LogP contribution in [0.3, 0.4) is 0 Å². The highest BCUT2D eigenvalue weighted by Crippen LogP contribution is 2.26. The van der Waals surface area contributed by atoms with Gasteiger partial charge in [0.15, 0.2) is 6.10 Å². The molecule has 0 saturated carbocycles. The number of hydrogen-bond acceptors (Lipinski definition) is 3. The molecule has 0 aliphatic carbocycles. The quantitative estimate of drug-likeness (QED) is 0.573. The van der Waals surface area contributed by atoms with Gasteiger partial charge in [0.05, 0.1) is 6.54 Å². The maximum atomic E-state index is 12.5. The third-order valence-corrected chi connectivity index (χ3v) is 4.55. The summed E-state index contributed by atoms with van der Waals surface area (Å²) in [5, 5.41) is 5.02. The minimum Gasteiger partial charge on any atom is -0.492 e. The molecule has 3 aromatic carbocycles. The Bertz CT molecular complexity index is 926. The Hall–Kier alpha value is -3.01. The van der Waals surface area contributed by atoms with Gasteiger partial charge in [0, 0.05) is 5.39 Å². The van der Waals surface area contributed by atoms with Crippen LogP contribution >= 0.6 is 0 Å². The molecule has 0 radical (unpaired) electrons. The van der Waals surface area contributed by atoms with Gasteiger partial charge in [0.25, 0.3) is 5.91 Å². The normalized spacial score (nSPS) is 11.8. The van der Waals surface area contributed by atoms with Crippen LogP contribution < -0.4 is 14.8 Å². The van der Waals surface area contributed by atoms with E-state index in [1.807, 2.05) is 75.4 Å². The molecule has 4 heteroatoms. The first kappa shape index (κ1) is 19.7. The van der Waals surface area contributed by atoms with Crippen molar-refractivity contribution in [2.24, 2.45) is 0 Å². The number of ether oxygens (including phenoxy) is 2. The molecule has 1 N–H and O–H groups in total. The van der Waals surface area contributed by atoms with Gasteiger partial charge in [-0.25, -0.2) is 0 Å². The van der Waals surface area contributed by atoms with Gasteiger partial charge in [-0.2, -0.15) is 0 Å². The van der Waals surface area contributed by atoms with E-state index in [1.165, 1.54) is 0 Å². The number of benzene rings is 3. The van der Waals surface area contributed by atoms with Gasteiger partial charge in [-0.15, -0.1) is 0 Å². The first-order valence-electron chi connectivity index (χ1n) is 9.70. The molecule has 4 nitrogen and oxygen atoms in total. The summed E-state index contributed by atoms with van der Waals surface area (Å²) in [6.07, 6.45) is 0.0551. The molecule has 1 unspecified atom stereocenters. The monoisotopic (exact) mass is 377 g/mol. The van der Waals surface area contributed by atoms with Crippen molar-refractivity contribution < 1.29 is 14.3 Å². The van der Waals surface area contributed by atoms with Crippen LogP contribution in [0.1, 0.15) is 24.5 Å². The summed E-state index contributed by atoms with van der Waals surface area (Å²) in [7, 11) is 0. The van der Waals surface area contributed by atoms with Crippen LogP contribution in [0.5, 0.6) is 11.5 Å². The summed E-state index contributed by atoms with van der Waals surface area (Å²) >= 11 is 0. The second kappa shape index (κ2) is 9.27. The first-order valence-corrected chi connectivity index (χ1v) is 9.70. The number of carbonyl (C=O) groups excluding carboxylic acids is 1. The van der Waals surface area contributed by atoms with Crippen LogP contribution in [0.15, 0.2) is 60.7 Å². The van der Waals surface area contributed by atoms with Crippen molar-refractivity contribution >= 4 is 16.7 Å². The molecule has 0 fully saturated rings. The van der Waals surface area contributed by atoms with Crippen LogP contribution in [0, 0.1) is 13.8 Å². The largest absolute Gasteiger partial charge is 0.492 e. The Kier molecular flexibility index (Phi) is 6.53. The van der Waals surface area contributed by atoms with Gasteiger partial charge in [-0.05, 0) is 55.0 Å². The number of carbonyl (C=O) groups is 1. The minimum absolute atomic E-state index is 0.126. The maximum Gasteiger partial charge on any atom is 0.261 e. The number of hydrogen-bond donors (Lipinski definition) is 1. The van der Waals surface area contributed by atoms with Crippen LogP contribution in [0.4, 0.5) is 0 Å². The fourth-order valence-electron chi connectivity index (χ4n) is 3.25. The fourth-order valence-corrected chi connectivity index (χ4v) is 3.25. The molecule has 1 atom stereocenters. The van der Waals surface area contributed by atoms with Crippen LogP contribution in [-0.2, 0) is 4.79 Å². The van der Waals surface area contributed by atoms with Crippen molar-refractivity contribution in [3.63, 3.8) is 0 Å². The second-order valence-corrected chi connectivity index (χ2v) is 6.95. The highest BCUT2D eigenvalue weighted by atomic mass is 16.5. The summed E-state index contributed by atoms with van der Waals surface area (Å²) < 4.78 is 11.8. The Morgan fingerprint density at radius 1 is 1.00 bits per heavy atom. The topological polar surface area (TPSA) is 47.6 Å². The van der Waals surface area contributed by atoms with Crippen LogP contribution in [0.25, 0.3) is 10.8 Å². The van der Waals surface area contributed by atoms with Crippen molar-refractivity contribution in [1.29, 1.82) is 0 Å². The van der Waals surface area contributed by atoms with Crippen LogP contribution in [0.2, 0.25) is 0 Å². The lowest BCUT2D eigenvalue weighted by Gasteiger charge is -2.18. The van der Waals surface area contributed by atoms with E-state index in [-0.39, 0.29) is 5.91 Å². The third-order valence-electron chi connectivity index (χ3n) is 4.55. The van der Waals surface area contributed by atoms with E-state index in [9.17, 15) is 4.79 Å². The van der Waals surface area contributed by atoms with E-state index in [1.54, 1.807) is 0 Å². The zero-order valence-electron chi connectivity index (χ0n) is 16.7. The summed E-state index contributed by atoms with van der Waals surface area (Å²) in [5.41, 5.74) is 2.32. The van der Waals surface area contributed by atoms with Gasteiger partial charge in [0.2, 0.25) is 0 Å². The SMILES string of the molecule is CCC(Oc1cccc2ccccc12)C(=O)NCCOc1cc(C)cc(C)c1. The standard InChI is InChI=1S/C24H27NO3/c1-4-22(28-23-11-7-9-19-8-5-6-10-21(19)23)24(26)25-12-13-27-20-15-17(2)14-18(3)16-20/h5-11,14-16,22H,4,12-13H2,1-3H3,(H,25,26). The molecule has 3 aromatic rings. The molecule has 0 aromatic heterocycles. The van der Waals surface area contributed by atoms with Gasteiger partial charge in [-0.3, -0.25) is 4.79 Å². The van der Waals surface area contributed by atoms with E-state index in [4.69, 9.17) is 9.47 Å². The van der Waals surface area contributed by atoms with Crippen molar-refractivity contribution in [3.05, 3.63) is 71.8 Å². The first-order chi connectivity index (χ1) is 13.6. The molecule has 0 heterocycles. The molecule has 1 amide bonds. The van der Waals surface area contributed by atoms with E-state index < -0.39 is 6.10 Å². The van der Waals surface area contributed by atoms with Crippen molar-refractivity contribution in [2.75, 3.05) is 13.2 Å². The lowest BCUT2D eigenvalue weighted by Crippen LogP contribution is -2.39. The van der Waals surface area contributed by atoms with Crippen molar-refractivity contribution in [2.45, 2.75) is 33.3 Å². The zero-order valence-corrected chi connectivity index (χ0v) is 16.7. The molecule has 0 bridgehead atoms. The Morgan fingerprint density at radius 3 is 2.46 bits per heavy atom. The van der Waals surface area contributed by atoms with E-state index in [0.717, 1.165) is 33.4 Å². The summed E-state index contributed by atoms with van der Waals surface area (Å²) in [6.45, 7) is 6.87. The van der Waals surface area contributed by atoms with Gasteiger partial charge in [0.1, 0.15) is 18.1 Å². The summed E-state index contributed by atoms with van der Waals surface area (Å²) in [5.74, 6) is 1.43. The predicted molar refractivity (Wildman–Crippen MR) is 113 cm³/mol. The molecular formula is C24H27NO3. The minimum atomic E-state index is -0.535. The predicted octanol–water partition coefficient (Wildman–Crippen LogP) is 4.81. The van der Waals surface area contributed by atoms with Gasteiger partial charge < -0.3 is 14.8 Å². The molecule has 28 heavy (non-hydrogen) atoms. The number of rotatable bonds is 8. The fraction of sp³-hybridized carbons (Fsp3) is 0.292. The Morgan fingerprint density at radius 2 is 1.71 bits per heavy atom. The molecule has 0 aliphatic heterocycles. The lowest BCUT2D eigenvalue weighted by atomic mass is 10.1. The average Bonchev–Trinajstić information content (AvgIpc) is 2.68. The van der Waals surface area contributed by atoms with Gasteiger partial charge >= 0.3 is 0 Å². The smallest absolute Gasteiger partial charge is 0.261 e. The number of amides is 1. The average molecular weight is 377 g/mol. The second-order valence-electron chi connectivity index (χ2n) is 6.95. The Labute approximate surface area is 166 Å². The highest BCUT2D eigenvalue weighted by Gasteiger charge is 2.18. The zero-order chi connectivity index (χ0) is 19.9. The third kappa shape index (κ3) is 5.03. The van der Waals surface area contributed by atoms with Gasteiger partial charge in [-0.1, -0.05) is 49.4 Å². The van der Waals surface area contributed by atoms with E-state index in [2.05, 4.69) is 11.4 Å². The molecule has 0 aliphatic rings. The summed E-state index contributed by atoms with van der Waals surface area (Å²) in [6, 6.07) is 20.0. The summed E-state index contributed by atoms with van der Waals surface area (Å²) in [4.78, 5) is 12.5.